The number of carboxylic acid groups (broad SMARTS) is 1. The Morgan fingerprint density at radius 2 is 1.94 bits per heavy atom. The minimum absolute atomic E-state index is 0.221. The molecule has 1 amide bonds. The van der Waals surface area contributed by atoms with Crippen molar-refractivity contribution in [2.24, 2.45) is 0 Å². The molecular weight excluding hydrogens is 255 g/mol. The van der Waals surface area contributed by atoms with E-state index < -0.39 is 23.6 Å². The van der Waals surface area contributed by atoms with Crippen LogP contribution in [0.1, 0.15) is 17.3 Å². The van der Waals surface area contributed by atoms with Gasteiger partial charge in [-0.05, 0) is 13.0 Å². The molecule has 1 unspecified atom stereocenters. The maximum absolute atomic E-state index is 12.6. The first-order chi connectivity index (χ1) is 8.18. The van der Waals surface area contributed by atoms with Crippen LogP contribution in [0.4, 0.5) is 13.2 Å². The molecule has 0 radical (unpaired) electrons. The van der Waals surface area contributed by atoms with Gasteiger partial charge in [0.25, 0.3) is 5.91 Å². The Bertz CT molecular complexity index is 463. The van der Waals surface area contributed by atoms with E-state index in [-0.39, 0.29) is 5.56 Å². The Labute approximate surface area is 98.8 Å². The standard InChI is InChI=1S/C9H8F3N3O3/c1-8(7(17)18,9(10,11)12)15-6(16)5-2-3-13-14-4-5/h2-4H,1H3,(H,15,16)(H,17,18). The summed E-state index contributed by atoms with van der Waals surface area (Å²) in [5, 5.41) is 16.7. The van der Waals surface area contributed by atoms with Crippen LogP contribution in [-0.2, 0) is 4.79 Å². The van der Waals surface area contributed by atoms with Crippen LogP contribution in [0, 0.1) is 0 Å². The van der Waals surface area contributed by atoms with E-state index in [0.29, 0.717) is 6.92 Å². The summed E-state index contributed by atoms with van der Waals surface area (Å²) in [7, 11) is 0. The molecule has 6 nitrogen and oxygen atoms in total. The van der Waals surface area contributed by atoms with E-state index in [1.807, 2.05) is 0 Å². The summed E-state index contributed by atoms with van der Waals surface area (Å²) in [5.74, 6) is -3.41. The van der Waals surface area contributed by atoms with Gasteiger partial charge in [0.05, 0.1) is 18.0 Å². The molecule has 9 heteroatoms. The van der Waals surface area contributed by atoms with Gasteiger partial charge in [-0.3, -0.25) is 4.79 Å². The van der Waals surface area contributed by atoms with Crippen molar-refractivity contribution in [1.82, 2.24) is 15.5 Å². The van der Waals surface area contributed by atoms with Crippen molar-refractivity contribution >= 4 is 11.9 Å². The van der Waals surface area contributed by atoms with Crippen LogP contribution in [0.25, 0.3) is 0 Å². The van der Waals surface area contributed by atoms with Crippen molar-refractivity contribution in [3.05, 3.63) is 24.0 Å². The zero-order valence-corrected chi connectivity index (χ0v) is 9.02. The molecule has 0 saturated carbocycles. The lowest BCUT2D eigenvalue weighted by molar-refractivity contribution is -0.203. The van der Waals surface area contributed by atoms with Crippen LogP contribution in [0.5, 0.6) is 0 Å². The van der Waals surface area contributed by atoms with Crippen molar-refractivity contribution in [3.8, 4) is 0 Å². The number of nitrogens with zero attached hydrogens (tertiary/aromatic N) is 2. The molecular formula is C9H8F3N3O3. The summed E-state index contributed by atoms with van der Waals surface area (Å²) >= 11 is 0. The summed E-state index contributed by atoms with van der Waals surface area (Å²) in [5.41, 5.74) is -3.59. The summed E-state index contributed by atoms with van der Waals surface area (Å²) < 4.78 is 37.8. The number of hydrogen-bond acceptors (Lipinski definition) is 4. The molecule has 0 aromatic carbocycles. The molecule has 0 fully saturated rings. The number of aliphatic carboxylic acids is 1. The molecule has 1 aromatic heterocycles. The van der Waals surface area contributed by atoms with Gasteiger partial charge in [-0.25, -0.2) is 4.79 Å². The fourth-order valence-corrected chi connectivity index (χ4v) is 0.970. The number of amides is 1. The van der Waals surface area contributed by atoms with E-state index in [0.717, 1.165) is 18.5 Å². The predicted molar refractivity (Wildman–Crippen MR) is 51.6 cm³/mol. The van der Waals surface area contributed by atoms with Crippen LogP contribution in [-0.4, -0.2) is 38.9 Å². The third-order valence-electron chi connectivity index (χ3n) is 2.20. The van der Waals surface area contributed by atoms with Gasteiger partial charge in [0.15, 0.2) is 0 Å². The molecule has 0 bridgehead atoms. The lowest BCUT2D eigenvalue weighted by Gasteiger charge is -2.28. The first-order valence-corrected chi connectivity index (χ1v) is 4.58. The number of carboxylic acids is 1. The van der Waals surface area contributed by atoms with Crippen LogP contribution in [0.3, 0.4) is 0 Å². The maximum atomic E-state index is 12.6. The van der Waals surface area contributed by atoms with Crippen molar-refractivity contribution in [1.29, 1.82) is 0 Å². The highest BCUT2D eigenvalue weighted by molar-refractivity contribution is 5.97. The smallest absolute Gasteiger partial charge is 0.422 e. The second-order valence-corrected chi connectivity index (χ2v) is 3.51. The van der Waals surface area contributed by atoms with Crippen LogP contribution in [0.15, 0.2) is 18.5 Å². The Morgan fingerprint density at radius 1 is 1.33 bits per heavy atom. The van der Waals surface area contributed by atoms with Crippen molar-refractivity contribution in [3.63, 3.8) is 0 Å². The maximum Gasteiger partial charge on any atom is 0.422 e. The Balaban J connectivity index is 3.01. The van der Waals surface area contributed by atoms with Gasteiger partial charge < -0.3 is 10.4 Å². The number of aromatic nitrogens is 2. The second kappa shape index (κ2) is 4.59. The number of carbonyl (C=O) groups is 2. The second-order valence-electron chi connectivity index (χ2n) is 3.51. The molecule has 1 aromatic rings. The Morgan fingerprint density at radius 3 is 2.33 bits per heavy atom. The molecule has 1 atom stereocenters. The van der Waals surface area contributed by atoms with Gasteiger partial charge in [0, 0.05) is 0 Å². The quantitative estimate of drug-likeness (QED) is 0.833. The molecule has 0 aliphatic heterocycles. The molecule has 0 aliphatic carbocycles. The fraction of sp³-hybridized carbons (Fsp3) is 0.333. The van der Waals surface area contributed by atoms with Gasteiger partial charge in [-0.1, -0.05) is 0 Å². The molecule has 18 heavy (non-hydrogen) atoms. The molecule has 1 rings (SSSR count). The summed E-state index contributed by atoms with van der Waals surface area (Å²) in [6.45, 7) is 0.363. The highest BCUT2D eigenvalue weighted by Gasteiger charge is 2.58. The van der Waals surface area contributed by atoms with E-state index in [2.05, 4.69) is 10.2 Å². The number of hydrogen-bond donors (Lipinski definition) is 2. The third-order valence-corrected chi connectivity index (χ3v) is 2.20. The van der Waals surface area contributed by atoms with Gasteiger partial charge in [0.2, 0.25) is 5.54 Å². The van der Waals surface area contributed by atoms with Gasteiger partial charge in [0.1, 0.15) is 0 Å². The van der Waals surface area contributed by atoms with E-state index >= 15 is 0 Å². The van der Waals surface area contributed by atoms with Gasteiger partial charge in [-0.2, -0.15) is 23.4 Å². The number of alkyl halides is 3. The van der Waals surface area contributed by atoms with Gasteiger partial charge in [-0.15, -0.1) is 0 Å². The fourth-order valence-electron chi connectivity index (χ4n) is 0.970. The molecule has 98 valence electrons. The molecule has 0 saturated heterocycles. The summed E-state index contributed by atoms with van der Waals surface area (Å²) in [6.07, 6.45) is -3.11. The Hall–Kier alpha value is -2.19. The predicted octanol–water partition coefficient (Wildman–Crippen LogP) is 0.612. The first kappa shape index (κ1) is 13.9. The molecule has 1 heterocycles. The highest BCUT2D eigenvalue weighted by Crippen LogP contribution is 2.30. The molecule has 0 spiro atoms. The first-order valence-electron chi connectivity index (χ1n) is 4.58. The van der Waals surface area contributed by atoms with Crippen LogP contribution in [0.2, 0.25) is 0 Å². The number of rotatable bonds is 3. The van der Waals surface area contributed by atoms with Crippen LogP contribution >= 0.6 is 0 Å². The number of carbonyl (C=O) groups excluding carboxylic acids is 1. The SMILES string of the molecule is CC(NC(=O)c1ccnnc1)(C(=O)O)C(F)(F)F. The van der Waals surface area contributed by atoms with Gasteiger partial charge >= 0.3 is 12.1 Å². The van der Waals surface area contributed by atoms with E-state index in [1.54, 1.807) is 0 Å². The average Bonchev–Trinajstić information content (AvgIpc) is 2.28. The highest BCUT2D eigenvalue weighted by atomic mass is 19.4. The zero-order valence-electron chi connectivity index (χ0n) is 9.02. The van der Waals surface area contributed by atoms with E-state index in [9.17, 15) is 22.8 Å². The normalized spacial score (nSPS) is 14.7. The largest absolute Gasteiger partial charge is 0.479 e. The lowest BCUT2D eigenvalue weighted by atomic mass is 10.0. The number of halogens is 3. The van der Waals surface area contributed by atoms with Crippen molar-refractivity contribution in [2.75, 3.05) is 0 Å². The monoisotopic (exact) mass is 263 g/mol. The average molecular weight is 263 g/mol. The topological polar surface area (TPSA) is 92.2 Å². The van der Waals surface area contributed by atoms with Crippen LogP contribution < -0.4 is 5.32 Å². The zero-order chi connectivity index (χ0) is 14.0. The van der Waals surface area contributed by atoms with E-state index in [1.165, 1.54) is 5.32 Å². The Kier molecular flexibility index (Phi) is 3.54. The molecule has 2 N–H and O–H groups in total. The lowest BCUT2D eigenvalue weighted by Crippen LogP contribution is -2.61. The third kappa shape index (κ3) is 2.55. The van der Waals surface area contributed by atoms with E-state index in [4.69, 9.17) is 5.11 Å². The minimum atomic E-state index is -5.13. The van der Waals surface area contributed by atoms with Crippen molar-refractivity contribution in [2.45, 2.75) is 18.6 Å². The summed E-state index contributed by atoms with van der Waals surface area (Å²) in [4.78, 5) is 22.1. The number of nitrogens with one attached hydrogen (secondary N) is 1. The summed E-state index contributed by atoms with van der Waals surface area (Å²) in [6, 6.07) is 1.11. The minimum Gasteiger partial charge on any atom is -0.479 e. The molecule has 0 aliphatic rings. The van der Waals surface area contributed by atoms with Crippen molar-refractivity contribution < 1.29 is 27.9 Å².